The number of nitrogens with two attached hydrogens (primary N) is 1. The highest BCUT2D eigenvalue weighted by Gasteiger charge is 2.37. The van der Waals surface area contributed by atoms with Crippen LogP contribution in [-0.2, 0) is 10.0 Å². The molecule has 0 aliphatic heterocycles. The molecule has 3 N–H and O–H groups in total. The minimum atomic E-state index is -3.75. The van der Waals surface area contributed by atoms with E-state index in [1.807, 2.05) is 0 Å². The fourth-order valence-corrected chi connectivity index (χ4v) is 3.17. The summed E-state index contributed by atoms with van der Waals surface area (Å²) in [6.07, 6.45) is 0.590. The molecule has 0 saturated heterocycles. The zero-order valence-corrected chi connectivity index (χ0v) is 10.5. The predicted molar refractivity (Wildman–Crippen MR) is 64.5 cm³/mol. The van der Waals surface area contributed by atoms with Crippen molar-refractivity contribution in [1.29, 1.82) is 0 Å². The van der Waals surface area contributed by atoms with Crippen LogP contribution in [0.3, 0.4) is 0 Å². The molecule has 2 atom stereocenters. The lowest BCUT2D eigenvalue weighted by Gasteiger charge is -2.08. The maximum absolute atomic E-state index is 12.0. The van der Waals surface area contributed by atoms with Crippen LogP contribution in [0.1, 0.15) is 12.0 Å². The van der Waals surface area contributed by atoms with Gasteiger partial charge in [-0.2, -0.15) is 0 Å². The molecule has 98 valence electrons. The van der Waals surface area contributed by atoms with Gasteiger partial charge in [0.2, 0.25) is 10.0 Å². The van der Waals surface area contributed by atoms with Crippen molar-refractivity contribution in [3.05, 3.63) is 33.9 Å². The highest BCUT2D eigenvalue weighted by Crippen LogP contribution is 2.25. The van der Waals surface area contributed by atoms with Crippen molar-refractivity contribution >= 4 is 15.7 Å². The van der Waals surface area contributed by atoms with E-state index in [1.54, 1.807) is 6.92 Å². The number of hydrogen-bond donors (Lipinski definition) is 2. The van der Waals surface area contributed by atoms with Crippen molar-refractivity contribution in [2.45, 2.75) is 30.3 Å². The number of rotatable bonds is 4. The van der Waals surface area contributed by atoms with Gasteiger partial charge in [0.1, 0.15) is 0 Å². The maximum Gasteiger partial charge on any atom is 0.270 e. The zero-order chi connectivity index (χ0) is 13.5. The molecule has 1 aromatic rings. The molecule has 7 nitrogen and oxygen atoms in total. The fourth-order valence-electron chi connectivity index (χ4n) is 1.60. The number of aryl methyl sites for hydroxylation is 1. The molecule has 2 rings (SSSR count). The first kappa shape index (κ1) is 12.9. The molecule has 0 spiro atoms. The van der Waals surface area contributed by atoms with Crippen molar-refractivity contribution in [3.63, 3.8) is 0 Å². The quantitative estimate of drug-likeness (QED) is 0.603. The van der Waals surface area contributed by atoms with Crippen molar-refractivity contribution in [1.82, 2.24) is 4.72 Å². The number of benzene rings is 1. The number of nitrogens with zero attached hydrogens (tertiary/aromatic N) is 1. The van der Waals surface area contributed by atoms with Crippen molar-refractivity contribution in [2.75, 3.05) is 0 Å². The molecular weight excluding hydrogens is 258 g/mol. The fraction of sp³-hybridized carbons (Fsp3) is 0.400. The Morgan fingerprint density at radius 3 is 2.61 bits per heavy atom. The van der Waals surface area contributed by atoms with Crippen LogP contribution in [0.4, 0.5) is 5.69 Å². The van der Waals surface area contributed by atoms with Crippen LogP contribution < -0.4 is 10.5 Å². The Kier molecular flexibility index (Phi) is 3.09. The van der Waals surface area contributed by atoms with Crippen LogP contribution in [0, 0.1) is 17.0 Å². The van der Waals surface area contributed by atoms with Crippen LogP contribution >= 0.6 is 0 Å². The van der Waals surface area contributed by atoms with E-state index in [0.29, 0.717) is 12.0 Å². The Labute approximate surface area is 104 Å². The molecule has 0 aromatic heterocycles. The Morgan fingerprint density at radius 2 is 2.11 bits per heavy atom. The summed E-state index contributed by atoms with van der Waals surface area (Å²) in [5.74, 6) is 0. The molecule has 2 unspecified atom stereocenters. The average molecular weight is 271 g/mol. The Balaban J connectivity index is 2.36. The minimum Gasteiger partial charge on any atom is -0.326 e. The Morgan fingerprint density at radius 1 is 1.50 bits per heavy atom. The van der Waals surface area contributed by atoms with E-state index >= 15 is 0 Å². The van der Waals surface area contributed by atoms with Gasteiger partial charge in [0.05, 0.1) is 9.82 Å². The van der Waals surface area contributed by atoms with Crippen molar-refractivity contribution in [3.8, 4) is 0 Å². The summed E-state index contributed by atoms with van der Waals surface area (Å²) >= 11 is 0. The van der Waals surface area contributed by atoms with Crippen LogP contribution in [0.2, 0.25) is 0 Å². The number of nitro benzene ring substituents is 1. The molecule has 1 saturated carbocycles. The first-order chi connectivity index (χ1) is 8.31. The van der Waals surface area contributed by atoms with Gasteiger partial charge in [0, 0.05) is 24.2 Å². The van der Waals surface area contributed by atoms with Gasteiger partial charge in [-0.3, -0.25) is 10.1 Å². The van der Waals surface area contributed by atoms with Gasteiger partial charge in [-0.25, -0.2) is 13.1 Å². The molecule has 1 aliphatic carbocycles. The summed E-state index contributed by atoms with van der Waals surface area (Å²) in [6, 6.07) is 3.31. The van der Waals surface area contributed by atoms with E-state index in [9.17, 15) is 18.5 Å². The average Bonchev–Trinajstić information content (AvgIpc) is 2.93. The first-order valence-electron chi connectivity index (χ1n) is 5.34. The van der Waals surface area contributed by atoms with Crippen molar-refractivity contribution in [2.24, 2.45) is 5.73 Å². The second-order valence-corrected chi connectivity index (χ2v) is 6.02. The molecule has 1 aromatic carbocycles. The van der Waals surface area contributed by atoms with Gasteiger partial charge in [-0.05, 0) is 18.9 Å². The monoisotopic (exact) mass is 271 g/mol. The molecular formula is C10H13N3O4S. The third kappa shape index (κ3) is 2.50. The maximum atomic E-state index is 12.0. The normalized spacial score (nSPS) is 22.8. The molecule has 0 amide bonds. The van der Waals surface area contributed by atoms with Gasteiger partial charge in [0.15, 0.2) is 0 Å². The van der Waals surface area contributed by atoms with Gasteiger partial charge in [-0.15, -0.1) is 0 Å². The van der Waals surface area contributed by atoms with E-state index in [0.717, 1.165) is 6.07 Å². The summed E-state index contributed by atoms with van der Waals surface area (Å²) in [5, 5.41) is 10.6. The summed E-state index contributed by atoms with van der Waals surface area (Å²) in [5.41, 5.74) is 5.74. The van der Waals surface area contributed by atoms with Crippen LogP contribution in [0.5, 0.6) is 0 Å². The molecule has 8 heteroatoms. The number of nitro groups is 1. The summed E-state index contributed by atoms with van der Waals surface area (Å²) in [6.45, 7) is 1.59. The van der Waals surface area contributed by atoms with Crippen molar-refractivity contribution < 1.29 is 13.3 Å². The molecule has 0 heterocycles. The second-order valence-electron chi connectivity index (χ2n) is 4.33. The van der Waals surface area contributed by atoms with E-state index in [-0.39, 0.29) is 22.7 Å². The minimum absolute atomic E-state index is 0.0733. The SMILES string of the molecule is Cc1ccc([N+](=O)[O-])cc1S(=O)(=O)NC1CC1N. The smallest absolute Gasteiger partial charge is 0.270 e. The van der Waals surface area contributed by atoms with Crippen LogP contribution in [-0.4, -0.2) is 25.4 Å². The summed E-state index contributed by atoms with van der Waals surface area (Å²) in [7, 11) is -3.75. The standard InChI is InChI=1S/C10H13N3O4S/c1-6-2-3-7(13(14)15)4-10(6)18(16,17)12-9-5-8(9)11/h2-4,8-9,12H,5,11H2,1H3. The highest BCUT2D eigenvalue weighted by atomic mass is 32.2. The van der Waals surface area contributed by atoms with Gasteiger partial charge in [-0.1, -0.05) is 6.07 Å². The second kappa shape index (κ2) is 4.30. The van der Waals surface area contributed by atoms with E-state index < -0.39 is 14.9 Å². The Hall–Kier alpha value is -1.51. The molecule has 18 heavy (non-hydrogen) atoms. The predicted octanol–water partition coefficient (Wildman–Crippen LogP) is 0.281. The number of sulfonamides is 1. The van der Waals surface area contributed by atoms with E-state index in [2.05, 4.69) is 4.72 Å². The first-order valence-corrected chi connectivity index (χ1v) is 6.82. The Bertz CT molecular complexity index is 599. The number of non-ortho nitro benzene ring substituents is 1. The molecule has 0 radical (unpaired) electrons. The largest absolute Gasteiger partial charge is 0.326 e. The highest BCUT2D eigenvalue weighted by molar-refractivity contribution is 7.89. The van der Waals surface area contributed by atoms with Gasteiger partial charge in [0.25, 0.3) is 5.69 Å². The lowest BCUT2D eigenvalue weighted by molar-refractivity contribution is -0.385. The van der Waals surface area contributed by atoms with Crippen LogP contribution in [0.15, 0.2) is 23.1 Å². The van der Waals surface area contributed by atoms with Gasteiger partial charge < -0.3 is 5.73 Å². The van der Waals surface area contributed by atoms with E-state index in [1.165, 1.54) is 12.1 Å². The lowest BCUT2D eigenvalue weighted by atomic mass is 10.2. The number of nitrogens with one attached hydrogen (secondary N) is 1. The summed E-state index contributed by atoms with van der Waals surface area (Å²) < 4.78 is 26.5. The lowest BCUT2D eigenvalue weighted by Crippen LogP contribution is -2.30. The third-order valence-electron chi connectivity index (χ3n) is 2.82. The van der Waals surface area contributed by atoms with Gasteiger partial charge >= 0.3 is 0 Å². The zero-order valence-electron chi connectivity index (χ0n) is 9.66. The topological polar surface area (TPSA) is 115 Å². The molecule has 0 bridgehead atoms. The summed E-state index contributed by atoms with van der Waals surface area (Å²) in [4.78, 5) is 9.95. The third-order valence-corrected chi connectivity index (χ3v) is 4.45. The number of hydrogen-bond acceptors (Lipinski definition) is 5. The molecule has 1 aliphatic rings. The molecule has 1 fully saturated rings. The van der Waals surface area contributed by atoms with Crippen LogP contribution in [0.25, 0.3) is 0 Å². The van der Waals surface area contributed by atoms with E-state index in [4.69, 9.17) is 5.73 Å².